The van der Waals surface area contributed by atoms with Gasteiger partial charge in [0.05, 0.1) is 11.3 Å². The van der Waals surface area contributed by atoms with Crippen LogP contribution in [0.1, 0.15) is 69.6 Å². The van der Waals surface area contributed by atoms with Gasteiger partial charge in [-0.3, -0.25) is 14.9 Å². The zero-order valence-electron chi connectivity index (χ0n) is 16.9. The van der Waals surface area contributed by atoms with E-state index in [-0.39, 0.29) is 23.2 Å². The molecule has 0 spiro atoms. The second-order valence-corrected chi connectivity index (χ2v) is 7.87. The lowest BCUT2D eigenvalue weighted by atomic mass is 9.81. The van der Waals surface area contributed by atoms with Crippen LogP contribution in [0.3, 0.4) is 0 Å². The Hall–Kier alpha value is -3.41. The molecule has 0 unspecified atom stereocenters. The molecule has 0 aliphatic heterocycles. The molecule has 3 aromatic rings. The van der Waals surface area contributed by atoms with Crippen LogP contribution in [0.4, 0.5) is 10.3 Å². The van der Waals surface area contributed by atoms with E-state index in [1.165, 1.54) is 30.0 Å². The van der Waals surface area contributed by atoms with Crippen LogP contribution < -0.4 is 5.32 Å². The lowest BCUT2D eigenvalue weighted by molar-refractivity contribution is 0.0962. The van der Waals surface area contributed by atoms with E-state index in [9.17, 15) is 14.0 Å². The summed E-state index contributed by atoms with van der Waals surface area (Å²) in [4.78, 5) is 33.5. The minimum Gasteiger partial charge on any atom is -0.294 e. The number of benzene rings is 2. The van der Waals surface area contributed by atoms with Crippen molar-refractivity contribution in [3.05, 3.63) is 88.5 Å². The fraction of sp³-hybridized carbons (Fsp3) is 0.250. The lowest BCUT2D eigenvalue weighted by Gasteiger charge is -2.23. The molecule has 1 aliphatic rings. The number of aromatic nitrogens is 2. The minimum absolute atomic E-state index is 0.00260. The quantitative estimate of drug-likeness (QED) is 0.672. The van der Waals surface area contributed by atoms with Gasteiger partial charge in [0.15, 0.2) is 5.78 Å². The van der Waals surface area contributed by atoms with E-state index < -0.39 is 11.7 Å². The summed E-state index contributed by atoms with van der Waals surface area (Å²) in [6.07, 6.45) is 2.46. The van der Waals surface area contributed by atoms with Crippen molar-refractivity contribution in [3.63, 3.8) is 0 Å². The largest absolute Gasteiger partial charge is 0.294 e. The maximum Gasteiger partial charge on any atom is 0.258 e. The summed E-state index contributed by atoms with van der Waals surface area (Å²) in [5.74, 6) is -0.412. The highest BCUT2D eigenvalue weighted by Gasteiger charge is 2.28. The molecular formula is C24H22FN3O2. The van der Waals surface area contributed by atoms with Crippen LogP contribution in [0.5, 0.6) is 0 Å². The number of carbonyl (C=O) groups excluding carboxylic acids is 2. The number of hydrogen-bond acceptors (Lipinski definition) is 4. The Morgan fingerprint density at radius 2 is 1.90 bits per heavy atom. The van der Waals surface area contributed by atoms with E-state index in [1.807, 2.05) is 0 Å². The summed E-state index contributed by atoms with van der Waals surface area (Å²) >= 11 is 0. The molecule has 1 amide bonds. The fourth-order valence-electron chi connectivity index (χ4n) is 3.70. The van der Waals surface area contributed by atoms with E-state index in [1.54, 1.807) is 0 Å². The van der Waals surface area contributed by atoms with Gasteiger partial charge in [-0.2, -0.15) is 0 Å². The average molecular weight is 403 g/mol. The fourth-order valence-corrected chi connectivity index (χ4v) is 3.70. The van der Waals surface area contributed by atoms with Gasteiger partial charge in [-0.05, 0) is 47.6 Å². The molecule has 2 aromatic carbocycles. The van der Waals surface area contributed by atoms with Crippen LogP contribution in [0.2, 0.25) is 0 Å². The molecule has 0 bridgehead atoms. The molecular weight excluding hydrogens is 381 g/mol. The Morgan fingerprint density at radius 3 is 2.60 bits per heavy atom. The van der Waals surface area contributed by atoms with Crippen molar-refractivity contribution in [1.82, 2.24) is 9.97 Å². The topological polar surface area (TPSA) is 72.0 Å². The SMILES string of the molecule is CC(C)c1ccc([C@@H]2CC(=O)c3cnc(NC(=O)c4cccc(F)c4)nc3C2)cc1. The standard InChI is InChI=1S/C24H22FN3O2/c1-14(2)15-6-8-16(9-7-15)18-11-21-20(22(29)12-18)13-26-24(27-21)28-23(30)17-4-3-5-19(25)10-17/h3-10,13-14,18H,11-12H2,1-2H3,(H,26,27,28,30)/t18-/m0/s1. The predicted molar refractivity (Wildman–Crippen MR) is 112 cm³/mol. The second kappa shape index (κ2) is 8.14. The van der Waals surface area contributed by atoms with Crippen molar-refractivity contribution < 1.29 is 14.0 Å². The first-order chi connectivity index (χ1) is 14.4. The van der Waals surface area contributed by atoms with E-state index in [0.29, 0.717) is 30.0 Å². The van der Waals surface area contributed by atoms with Gasteiger partial charge in [-0.1, -0.05) is 44.2 Å². The second-order valence-electron chi connectivity index (χ2n) is 7.87. The van der Waals surface area contributed by atoms with Gasteiger partial charge < -0.3 is 0 Å². The monoisotopic (exact) mass is 403 g/mol. The molecule has 5 nitrogen and oxygen atoms in total. The number of carbonyl (C=O) groups is 2. The number of anilines is 1. The molecule has 0 fully saturated rings. The van der Waals surface area contributed by atoms with Crippen molar-refractivity contribution >= 4 is 17.6 Å². The molecule has 4 rings (SSSR count). The summed E-state index contributed by atoms with van der Waals surface area (Å²) in [6, 6.07) is 13.7. The van der Waals surface area contributed by atoms with Crippen LogP contribution >= 0.6 is 0 Å². The van der Waals surface area contributed by atoms with Crippen molar-refractivity contribution in [2.45, 2.75) is 38.5 Å². The molecule has 1 N–H and O–H groups in total. The lowest BCUT2D eigenvalue weighted by Crippen LogP contribution is -2.22. The van der Waals surface area contributed by atoms with E-state index in [4.69, 9.17) is 0 Å². The van der Waals surface area contributed by atoms with E-state index >= 15 is 0 Å². The summed E-state index contributed by atoms with van der Waals surface area (Å²) < 4.78 is 13.4. The zero-order valence-corrected chi connectivity index (χ0v) is 16.9. The smallest absolute Gasteiger partial charge is 0.258 e. The number of rotatable bonds is 4. The van der Waals surface area contributed by atoms with Gasteiger partial charge in [0.2, 0.25) is 5.95 Å². The van der Waals surface area contributed by atoms with Crippen molar-refractivity contribution in [2.75, 3.05) is 5.32 Å². The summed E-state index contributed by atoms with van der Waals surface area (Å²) in [5.41, 5.74) is 3.64. The Bertz CT molecular complexity index is 1110. The van der Waals surface area contributed by atoms with Gasteiger partial charge in [-0.15, -0.1) is 0 Å². The average Bonchev–Trinajstić information content (AvgIpc) is 2.73. The van der Waals surface area contributed by atoms with Crippen LogP contribution in [-0.2, 0) is 6.42 Å². The molecule has 30 heavy (non-hydrogen) atoms. The Balaban J connectivity index is 1.55. The van der Waals surface area contributed by atoms with Crippen LogP contribution in [0, 0.1) is 5.82 Å². The molecule has 0 saturated carbocycles. The van der Waals surface area contributed by atoms with Crippen LogP contribution in [0.25, 0.3) is 0 Å². The molecule has 1 heterocycles. The number of nitrogens with one attached hydrogen (secondary N) is 1. The van der Waals surface area contributed by atoms with Gasteiger partial charge in [0.1, 0.15) is 5.82 Å². The third-order valence-electron chi connectivity index (χ3n) is 5.43. The highest BCUT2D eigenvalue weighted by atomic mass is 19.1. The number of nitrogens with zero attached hydrogens (tertiary/aromatic N) is 2. The first-order valence-corrected chi connectivity index (χ1v) is 9.96. The Morgan fingerprint density at radius 1 is 1.13 bits per heavy atom. The number of hydrogen-bond donors (Lipinski definition) is 1. The first kappa shape index (κ1) is 19.9. The van der Waals surface area contributed by atoms with Crippen LogP contribution in [0.15, 0.2) is 54.7 Å². The number of Topliss-reactive ketones (excluding diaryl/α,β-unsaturated/α-hetero) is 1. The van der Waals surface area contributed by atoms with Gasteiger partial charge in [-0.25, -0.2) is 14.4 Å². The van der Waals surface area contributed by atoms with Crippen LogP contribution in [-0.4, -0.2) is 21.7 Å². The number of amides is 1. The highest BCUT2D eigenvalue weighted by Crippen LogP contribution is 2.32. The molecule has 0 saturated heterocycles. The minimum atomic E-state index is -0.502. The number of fused-ring (bicyclic) bond motifs is 1. The molecule has 0 radical (unpaired) electrons. The molecule has 6 heteroatoms. The van der Waals surface area contributed by atoms with E-state index in [2.05, 4.69) is 53.4 Å². The molecule has 1 aromatic heterocycles. The normalized spacial score (nSPS) is 15.7. The van der Waals surface area contributed by atoms with Gasteiger partial charge in [0, 0.05) is 18.2 Å². The molecule has 1 atom stereocenters. The number of ketones is 1. The van der Waals surface area contributed by atoms with E-state index in [0.717, 1.165) is 11.6 Å². The highest BCUT2D eigenvalue weighted by molar-refractivity contribution is 6.03. The van der Waals surface area contributed by atoms with Crippen molar-refractivity contribution in [2.24, 2.45) is 0 Å². The molecule has 152 valence electrons. The summed E-state index contributed by atoms with van der Waals surface area (Å²) in [5, 5.41) is 2.59. The van der Waals surface area contributed by atoms with Gasteiger partial charge in [0.25, 0.3) is 5.91 Å². The summed E-state index contributed by atoms with van der Waals surface area (Å²) in [6.45, 7) is 4.29. The zero-order chi connectivity index (χ0) is 21.3. The van der Waals surface area contributed by atoms with Crippen molar-refractivity contribution in [1.29, 1.82) is 0 Å². The molecule has 1 aliphatic carbocycles. The maximum atomic E-state index is 13.4. The predicted octanol–water partition coefficient (Wildman–Crippen LogP) is 4.90. The Kier molecular flexibility index (Phi) is 5.40. The first-order valence-electron chi connectivity index (χ1n) is 9.96. The Labute approximate surface area is 174 Å². The maximum absolute atomic E-state index is 13.4. The number of halogens is 1. The summed E-state index contributed by atoms with van der Waals surface area (Å²) in [7, 11) is 0. The third-order valence-corrected chi connectivity index (χ3v) is 5.43. The third kappa shape index (κ3) is 4.13. The van der Waals surface area contributed by atoms with Gasteiger partial charge >= 0.3 is 0 Å². The van der Waals surface area contributed by atoms with Crippen molar-refractivity contribution in [3.8, 4) is 0 Å².